The first kappa shape index (κ1) is 16.3. The summed E-state index contributed by atoms with van der Waals surface area (Å²) in [4.78, 5) is 14.2. The van der Waals surface area contributed by atoms with Crippen LogP contribution in [0.3, 0.4) is 0 Å². The fourth-order valence-electron chi connectivity index (χ4n) is 2.96. The Hall–Kier alpha value is -1.59. The lowest BCUT2D eigenvalue weighted by atomic mass is 10.1. The number of rotatable bonds is 4. The third kappa shape index (κ3) is 4.03. The first-order valence-corrected chi connectivity index (χ1v) is 8.72. The largest absolute Gasteiger partial charge is 0.484 e. The summed E-state index contributed by atoms with van der Waals surface area (Å²) in [7, 11) is 1.95. The highest BCUT2D eigenvalue weighted by Crippen LogP contribution is 2.24. The van der Waals surface area contributed by atoms with Crippen LogP contribution in [0.1, 0.15) is 12.8 Å². The first-order chi connectivity index (χ1) is 11.2. The first-order valence-electron chi connectivity index (χ1n) is 7.93. The van der Waals surface area contributed by atoms with Crippen LogP contribution in [0.5, 0.6) is 5.75 Å². The van der Waals surface area contributed by atoms with E-state index in [4.69, 9.17) is 4.74 Å². The molecular formula is C18H21BrN2O2. The number of fused-ring (bicyclic) bond motifs is 1. The molecule has 3 rings (SSSR count). The van der Waals surface area contributed by atoms with Crippen LogP contribution in [0.25, 0.3) is 10.8 Å². The summed E-state index contributed by atoms with van der Waals surface area (Å²) in [5.74, 6) is 0.788. The van der Waals surface area contributed by atoms with E-state index in [0.717, 1.165) is 46.9 Å². The van der Waals surface area contributed by atoms with Gasteiger partial charge < -0.3 is 15.0 Å². The average Bonchev–Trinajstić information content (AvgIpc) is 2.59. The molecule has 122 valence electrons. The van der Waals surface area contributed by atoms with Crippen molar-refractivity contribution in [3.05, 3.63) is 40.9 Å². The maximum atomic E-state index is 12.3. The summed E-state index contributed by atoms with van der Waals surface area (Å²) in [5, 5.41) is 5.50. The summed E-state index contributed by atoms with van der Waals surface area (Å²) >= 11 is 3.47. The smallest absolute Gasteiger partial charge is 0.260 e. The molecule has 0 aromatic heterocycles. The van der Waals surface area contributed by atoms with Crippen molar-refractivity contribution < 1.29 is 9.53 Å². The van der Waals surface area contributed by atoms with Crippen molar-refractivity contribution >= 4 is 32.6 Å². The molecule has 0 aliphatic carbocycles. The second-order valence-electron chi connectivity index (χ2n) is 5.91. The molecule has 0 saturated carbocycles. The molecule has 2 aromatic carbocycles. The number of nitrogens with one attached hydrogen (secondary N) is 1. The zero-order chi connectivity index (χ0) is 16.2. The molecule has 1 amide bonds. The molecule has 0 bridgehead atoms. The van der Waals surface area contributed by atoms with Gasteiger partial charge in [-0.1, -0.05) is 28.1 Å². The topological polar surface area (TPSA) is 41.6 Å². The Bertz CT molecular complexity index is 704. The number of carbonyl (C=O) groups is 1. The highest BCUT2D eigenvalue weighted by atomic mass is 79.9. The van der Waals surface area contributed by atoms with E-state index in [1.807, 2.05) is 42.3 Å². The minimum absolute atomic E-state index is 0.0563. The molecular weight excluding hydrogens is 356 g/mol. The van der Waals surface area contributed by atoms with Gasteiger partial charge in [0.1, 0.15) is 5.75 Å². The van der Waals surface area contributed by atoms with E-state index in [9.17, 15) is 4.79 Å². The molecule has 1 saturated heterocycles. The lowest BCUT2D eigenvalue weighted by Crippen LogP contribution is -2.48. The molecule has 23 heavy (non-hydrogen) atoms. The quantitative estimate of drug-likeness (QED) is 0.890. The number of likely N-dealkylation sites (N-methyl/N-ethyl adjacent to an activating group) is 1. The average molecular weight is 377 g/mol. The molecule has 1 N–H and O–H groups in total. The van der Waals surface area contributed by atoms with Crippen molar-refractivity contribution in [3.63, 3.8) is 0 Å². The number of halogens is 1. The molecule has 1 heterocycles. The number of likely N-dealkylation sites (tertiary alicyclic amines) is 1. The third-order valence-electron chi connectivity index (χ3n) is 4.32. The van der Waals surface area contributed by atoms with Crippen LogP contribution in [0.15, 0.2) is 40.9 Å². The van der Waals surface area contributed by atoms with Crippen LogP contribution in [0.2, 0.25) is 0 Å². The van der Waals surface area contributed by atoms with E-state index in [-0.39, 0.29) is 12.5 Å². The number of hydrogen-bond acceptors (Lipinski definition) is 3. The van der Waals surface area contributed by atoms with E-state index in [1.165, 1.54) is 0 Å². The number of piperidine rings is 1. The lowest BCUT2D eigenvalue weighted by molar-refractivity contribution is -0.134. The molecule has 1 unspecified atom stereocenters. The van der Waals surface area contributed by atoms with Gasteiger partial charge in [-0.2, -0.15) is 0 Å². The Labute approximate surface area is 144 Å². The zero-order valence-corrected chi connectivity index (χ0v) is 14.8. The Morgan fingerprint density at radius 1 is 1.30 bits per heavy atom. The second-order valence-corrected chi connectivity index (χ2v) is 6.83. The number of benzene rings is 2. The normalized spacial score (nSPS) is 18.2. The lowest BCUT2D eigenvalue weighted by Gasteiger charge is -2.32. The van der Waals surface area contributed by atoms with Crippen LogP contribution in [-0.4, -0.2) is 43.6 Å². The SMILES string of the molecule is CNC1CCCN(C(=O)COc2ccc3cc(Br)ccc3c2)C1. The summed E-state index contributed by atoms with van der Waals surface area (Å²) in [6, 6.07) is 12.4. The maximum absolute atomic E-state index is 12.3. The highest BCUT2D eigenvalue weighted by molar-refractivity contribution is 9.10. The minimum atomic E-state index is 0.0563. The Morgan fingerprint density at radius 3 is 2.91 bits per heavy atom. The summed E-state index contributed by atoms with van der Waals surface area (Å²) in [6.45, 7) is 1.69. The maximum Gasteiger partial charge on any atom is 0.260 e. The van der Waals surface area contributed by atoms with Crippen molar-refractivity contribution in [1.82, 2.24) is 10.2 Å². The second kappa shape index (κ2) is 7.32. The van der Waals surface area contributed by atoms with Gasteiger partial charge in [-0.3, -0.25) is 4.79 Å². The van der Waals surface area contributed by atoms with Crippen LogP contribution in [0, 0.1) is 0 Å². The molecule has 5 heteroatoms. The Morgan fingerprint density at radius 2 is 2.09 bits per heavy atom. The van der Waals surface area contributed by atoms with Crippen LogP contribution >= 0.6 is 15.9 Å². The third-order valence-corrected chi connectivity index (χ3v) is 4.81. The van der Waals surface area contributed by atoms with E-state index >= 15 is 0 Å². The van der Waals surface area contributed by atoms with E-state index in [0.29, 0.717) is 6.04 Å². The summed E-state index contributed by atoms with van der Waals surface area (Å²) in [5.41, 5.74) is 0. The molecule has 2 aromatic rings. The zero-order valence-electron chi connectivity index (χ0n) is 13.2. The monoisotopic (exact) mass is 376 g/mol. The van der Waals surface area contributed by atoms with Gasteiger partial charge in [0.2, 0.25) is 0 Å². The fraction of sp³-hybridized carbons (Fsp3) is 0.389. The van der Waals surface area contributed by atoms with Gasteiger partial charge in [0.15, 0.2) is 6.61 Å². The van der Waals surface area contributed by atoms with Gasteiger partial charge in [0.05, 0.1) is 0 Å². The summed E-state index contributed by atoms with van der Waals surface area (Å²) < 4.78 is 6.76. The van der Waals surface area contributed by atoms with Crippen molar-refractivity contribution in [3.8, 4) is 5.75 Å². The van der Waals surface area contributed by atoms with E-state index < -0.39 is 0 Å². The number of nitrogens with zero attached hydrogens (tertiary/aromatic N) is 1. The number of hydrogen-bond donors (Lipinski definition) is 1. The van der Waals surface area contributed by atoms with Gasteiger partial charge in [-0.05, 0) is 54.9 Å². The van der Waals surface area contributed by atoms with Gasteiger partial charge in [-0.25, -0.2) is 0 Å². The van der Waals surface area contributed by atoms with E-state index in [1.54, 1.807) is 0 Å². The molecule has 0 radical (unpaired) electrons. The number of carbonyl (C=O) groups excluding carboxylic acids is 1. The standard InChI is InChI=1S/C18H21BrN2O2/c1-20-16-3-2-8-21(11-16)18(22)12-23-17-7-5-13-9-15(19)6-4-14(13)10-17/h4-7,9-10,16,20H,2-3,8,11-12H2,1H3. The van der Waals surface area contributed by atoms with Crippen LogP contribution < -0.4 is 10.1 Å². The number of amides is 1. The highest BCUT2D eigenvalue weighted by Gasteiger charge is 2.22. The van der Waals surface area contributed by atoms with Crippen molar-refractivity contribution in [1.29, 1.82) is 0 Å². The Balaban J connectivity index is 1.61. The minimum Gasteiger partial charge on any atom is -0.484 e. The molecule has 0 spiro atoms. The van der Waals surface area contributed by atoms with Crippen molar-refractivity contribution in [2.45, 2.75) is 18.9 Å². The molecule has 4 nitrogen and oxygen atoms in total. The van der Waals surface area contributed by atoms with Gasteiger partial charge >= 0.3 is 0 Å². The van der Waals surface area contributed by atoms with Crippen LogP contribution in [0.4, 0.5) is 0 Å². The molecule has 1 atom stereocenters. The summed E-state index contributed by atoms with van der Waals surface area (Å²) in [6.07, 6.45) is 2.17. The fourth-order valence-corrected chi connectivity index (χ4v) is 3.34. The van der Waals surface area contributed by atoms with E-state index in [2.05, 4.69) is 27.3 Å². The predicted molar refractivity (Wildman–Crippen MR) is 95.8 cm³/mol. The van der Waals surface area contributed by atoms with Gasteiger partial charge in [-0.15, -0.1) is 0 Å². The van der Waals surface area contributed by atoms with Gasteiger partial charge in [0, 0.05) is 23.6 Å². The molecule has 1 aliphatic rings. The Kier molecular flexibility index (Phi) is 5.18. The van der Waals surface area contributed by atoms with Crippen molar-refractivity contribution in [2.24, 2.45) is 0 Å². The predicted octanol–water partition coefficient (Wildman–Crippen LogP) is 3.19. The number of ether oxygens (including phenoxy) is 1. The van der Waals surface area contributed by atoms with Crippen molar-refractivity contribution in [2.75, 3.05) is 26.7 Å². The molecule has 1 aliphatic heterocycles. The molecule has 1 fully saturated rings. The van der Waals surface area contributed by atoms with Gasteiger partial charge in [0.25, 0.3) is 5.91 Å². The van der Waals surface area contributed by atoms with Crippen LogP contribution in [-0.2, 0) is 4.79 Å².